The summed E-state index contributed by atoms with van der Waals surface area (Å²) in [6, 6.07) is 0. The van der Waals surface area contributed by atoms with E-state index in [0.29, 0.717) is 29.9 Å². The third kappa shape index (κ3) is 2.35. The summed E-state index contributed by atoms with van der Waals surface area (Å²) >= 11 is 6.11. The molecule has 0 bridgehead atoms. The summed E-state index contributed by atoms with van der Waals surface area (Å²) in [5.41, 5.74) is -0.0151. The summed E-state index contributed by atoms with van der Waals surface area (Å²) in [5, 5.41) is 4.64. The third-order valence-electron chi connectivity index (χ3n) is 3.80. The highest BCUT2D eigenvalue weighted by atomic mass is 35.5. The first-order chi connectivity index (χ1) is 9.56. The number of rotatable bonds is 3. The first kappa shape index (κ1) is 13.6. The zero-order chi connectivity index (χ0) is 14.3. The molecule has 2 heterocycles. The second-order valence-electron chi connectivity index (χ2n) is 5.93. The van der Waals surface area contributed by atoms with Gasteiger partial charge in [0, 0.05) is 12.5 Å². The van der Waals surface area contributed by atoms with Crippen LogP contribution in [0.1, 0.15) is 39.5 Å². The molecule has 1 aromatic heterocycles. The summed E-state index contributed by atoms with van der Waals surface area (Å²) < 4.78 is 1.80. The van der Waals surface area contributed by atoms with E-state index in [9.17, 15) is 4.79 Å². The standard InChI is InChI=1S/C14H18ClN4O/c1-8(2)7-19-12-10(13(20)18-14(19)15)16-11(17-12)9-5-3-4-6-9/h8-9H,3-7H2,1-2H3. The van der Waals surface area contributed by atoms with E-state index in [1.165, 1.54) is 12.8 Å². The van der Waals surface area contributed by atoms with Crippen molar-refractivity contribution in [3.8, 4) is 0 Å². The molecule has 0 spiro atoms. The number of halogens is 1. The lowest BCUT2D eigenvalue weighted by molar-refractivity contribution is 0.519. The molecular weight excluding hydrogens is 276 g/mol. The first-order valence-corrected chi connectivity index (χ1v) is 7.54. The van der Waals surface area contributed by atoms with Crippen molar-refractivity contribution in [2.24, 2.45) is 16.8 Å². The van der Waals surface area contributed by atoms with Crippen molar-refractivity contribution < 1.29 is 0 Å². The van der Waals surface area contributed by atoms with Crippen LogP contribution in [0.25, 0.3) is 0 Å². The normalized spacial score (nSPS) is 18.3. The lowest BCUT2D eigenvalue weighted by Crippen LogP contribution is -2.21. The maximum Gasteiger partial charge on any atom is 0.302 e. The molecule has 0 aromatic carbocycles. The van der Waals surface area contributed by atoms with Gasteiger partial charge in [0.25, 0.3) is 0 Å². The first-order valence-electron chi connectivity index (χ1n) is 7.17. The Morgan fingerprint density at radius 1 is 1.35 bits per heavy atom. The minimum atomic E-state index is -0.373. The maximum atomic E-state index is 12.0. The smallest absolute Gasteiger partial charge is 0.299 e. The van der Waals surface area contributed by atoms with E-state index in [-0.39, 0.29) is 10.8 Å². The molecule has 1 radical (unpaired) electrons. The third-order valence-corrected chi connectivity index (χ3v) is 4.09. The average molecular weight is 294 g/mol. The fourth-order valence-electron chi connectivity index (χ4n) is 2.86. The molecule has 107 valence electrons. The number of nitrogens with zero attached hydrogens (tertiary/aromatic N) is 4. The predicted octanol–water partition coefficient (Wildman–Crippen LogP) is 3.02. The molecule has 1 fully saturated rings. The van der Waals surface area contributed by atoms with E-state index >= 15 is 0 Å². The van der Waals surface area contributed by atoms with E-state index in [0.717, 1.165) is 18.7 Å². The second-order valence-corrected chi connectivity index (χ2v) is 6.26. The Balaban J connectivity index is 2.02. The fourth-order valence-corrected chi connectivity index (χ4v) is 3.09. The minimum Gasteiger partial charge on any atom is -0.299 e. The Bertz CT molecular complexity index is 614. The lowest BCUT2D eigenvalue weighted by atomic mass is 10.1. The Hall–Kier alpha value is -1.36. The molecule has 0 unspecified atom stereocenters. The largest absolute Gasteiger partial charge is 0.302 e. The summed E-state index contributed by atoms with van der Waals surface area (Å²) in [6.45, 7) is 4.87. The molecule has 6 heteroatoms. The number of amidine groups is 1. The van der Waals surface area contributed by atoms with Crippen LogP contribution in [0.5, 0.6) is 0 Å². The summed E-state index contributed by atoms with van der Waals surface area (Å²) in [4.78, 5) is 20.4. The van der Waals surface area contributed by atoms with Gasteiger partial charge in [-0.3, -0.25) is 9.36 Å². The van der Waals surface area contributed by atoms with E-state index < -0.39 is 0 Å². The molecule has 1 saturated carbocycles. The molecule has 1 aliphatic carbocycles. The van der Waals surface area contributed by atoms with Gasteiger partial charge in [-0.15, -0.1) is 0 Å². The van der Waals surface area contributed by atoms with Gasteiger partial charge in [-0.1, -0.05) is 26.7 Å². The van der Waals surface area contributed by atoms with Gasteiger partial charge in [0.1, 0.15) is 5.84 Å². The molecule has 3 rings (SSSR count). The number of hydrogen-bond acceptors (Lipinski definition) is 3. The van der Waals surface area contributed by atoms with Crippen LogP contribution in [-0.2, 0) is 6.54 Å². The molecule has 0 N–H and O–H groups in total. The molecule has 1 aromatic rings. The van der Waals surface area contributed by atoms with Crippen LogP contribution in [0.2, 0.25) is 5.28 Å². The number of hydrogen-bond donors (Lipinski definition) is 0. The topological polar surface area (TPSA) is 61.4 Å². The minimum absolute atomic E-state index is 0.203. The number of aromatic nitrogens is 2. The molecule has 0 saturated heterocycles. The molecule has 20 heavy (non-hydrogen) atoms. The molecule has 0 atom stereocenters. The van der Waals surface area contributed by atoms with E-state index in [1.807, 2.05) is 0 Å². The van der Waals surface area contributed by atoms with Gasteiger partial charge < -0.3 is 0 Å². The lowest BCUT2D eigenvalue weighted by Gasteiger charge is -2.13. The van der Waals surface area contributed by atoms with Crippen molar-refractivity contribution in [3.05, 3.63) is 15.6 Å². The second kappa shape index (κ2) is 5.20. The van der Waals surface area contributed by atoms with Crippen molar-refractivity contribution in [1.29, 1.82) is 0 Å². The molecule has 5 nitrogen and oxygen atoms in total. The monoisotopic (exact) mass is 293 g/mol. The molecular formula is C14H18ClN4O. The molecule has 0 amide bonds. The van der Waals surface area contributed by atoms with E-state index in [1.54, 1.807) is 4.57 Å². The zero-order valence-electron chi connectivity index (χ0n) is 11.8. The Kier molecular flexibility index (Phi) is 3.54. The van der Waals surface area contributed by atoms with Crippen LogP contribution in [0.3, 0.4) is 0 Å². The van der Waals surface area contributed by atoms with Gasteiger partial charge in [-0.25, -0.2) is 10.3 Å². The van der Waals surface area contributed by atoms with Crippen LogP contribution >= 0.6 is 11.6 Å². The highest BCUT2D eigenvalue weighted by Gasteiger charge is 2.30. The van der Waals surface area contributed by atoms with Gasteiger partial charge in [-0.05, 0) is 30.4 Å². The summed E-state index contributed by atoms with van der Waals surface area (Å²) in [5.74, 6) is 2.15. The van der Waals surface area contributed by atoms with Gasteiger partial charge >= 0.3 is 5.56 Å². The highest BCUT2D eigenvalue weighted by Crippen LogP contribution is 2.35. The average Bonchev–Trinajstić information content (AvgIpc) is 3.02. The van der Waals surface area contributed by atoms with Crippen molar-refractivity contribution in [3.63, 3.8) is 0 Å². The number of fused-ring (bicyclic) bond motifs is 1. The van der Waals surface area contributed by atoms with Crippen LogP contribution in [0.15, 0.2) is 9.79 Å². The predicted molar refractivity (Wildman–Crippen MR) is 79.2 cm³/mol. The number of aliphatic imine (C=N–C) groups is 1. The van der Waals surface area contributed by atoms with Crippen molar-refractivity contribution >= 4 is 28.9 Å². The van der Waals surface area contributed by atoms with Gasteiger partial charge in [0.2, 0.25) is 5.28 Å². The maximum absolute atomic E-state index is 12.0. The fraction of sp³-hybridized carbons (Fsp3) is 0.643. The Morgan fingerprint density at radius 2 is 2.05 bits per heavy atom. The Labute approximate surface area is 123 Å². The van der Waals surface area contributed by atoms with Crippen molar-refractivity contribution in [2.45, 2.75) is 46.1 Å². The highest BCUT2D eigenvalue weighted by molar-refractivity contribution is 6.28. The van der Waals surface area contributed by atoms with E-state index in [2.05, 4.69) is 29.1 Å². The quantitative estimate of drug-likeness (QED) is 0.804. The van der Waals surface area contributed by atoms with Crippen molar-refractivity contribution in [2.75, 3.05) is 0 Å². The van der Waals surface area contributed by atoms with E-state index in [4.69, 9.17) is 11.6 Å². The summed E-state index contributed by atoms with van der Waals surface area (Å²) in [7, 11) is 0. The van der Waals surface area contributed by atoms with Gasteiger partial charge in [0.05, 0.1) is 0 Å². The SMILES string of the molecule is CC(C)Cn1c(Cl)nc(=O)c2c1N=C(C1CCCC1)[N]2. The molecule has 2 aliphatic rings. The van der Waals surface area contributed by atoms with Crippen molar-refractivity contribution in [1.82, 2.24) is 14.9 Å². The van der Waals surface area contributed by atoms with Gasteiger partial charge in [0.15, 0.2) is 11.5 Å². The Morgan fingerprint density at radius 3 is 2.70 bits per heavy atom. The van der Waals surface area contributed by atoms with Crippen LogP contribution in [0, 0.1) is 11.8 Å². The van der Waals surface area contributed by atoms with Crippen LogP contribution in [-0.4, -0.2) is 15.4 Å². The van der Waals surface area contributed by atoms with Crippen LogP contribution < -0.4 is 10.9 Å². The summed E-state index contributed by atoms with van der Waals surface area (Å²) in [6.07, 6.45) is 4.64. The van der Waals surface area contributed by atoms with Crippen LogP contribution in [0.4, 0.5) is 11.5 Å². The molecule has 1 aliphatic heterocycles. The zero-order valence-corrected chi connectivity index (χ0v) is 12.5. The van der Waals surface area contributed by atoms with Gasteiger partial charge in [-0.2, -0.15) is 4.98 Å².